The topological polar surface area (TPSA) is 68.3 Å². The van der Waals surface area contributed by atoms with Crippen LogP contribution < -0.4 is 11.1 Å². The summed E-state index contributed by atoms with van der Waals surface area (Å²) in [5, 5.41) is 2.87. The number of furan rings is 1. The standard InChI is InChI=1S/C15H18N2O2/c1-9-4-6-12(13(16)8-9)15(18)17-11(3)14-7-5-10(2)19-14/h4-8,11H,16H2,1-3H3,(H,17,18). The van der Waals surface area contributed by atoms with Crippen LogP contribution in [0.2, 0.25) is 0 Å². The van der Waals surface area contributed by atoms with Gasteiger partial charge in [-0.2, -0.15) is 0 Å². The summed E-state index contributed by atoms with van der Waals surface area (Å²) in [6, 6.07) is 8.93. The van der Waals surface area contributed by atoms with Crippen LogP contribution in [0.25, 0.3) is 0 Å². The predicted octanol–water partition coefficient (Wildman–Crippen LogP) is 2.97. The molecule has 0 aliphatic heterocycles. The van der Waals surface area contributed by atoms with E-state index in [2.05, 4.69) is 5.32 Å². The first-order valence-corrected chi connectivity index (χ1v) is 6.20. The van der Waals surface area contributed by atoms with Crippen molar-refractivity contribution in [1.82, 2.24) is 5.32 Å². The lowest BCUT2D eigenvalue weighted by molar-refractivity contribution is 0.0936. The molecule has 100 valence electrons. The molecule has 4 heteroatoms. The summed E-state index contributed by atoms with van der Waals surface area (Å²) in [6.07, 6.45) is 0. The molecule has 0 aliphatic rings. The molecule has 0 spiro atoms. The lowest BCUT2D eigenvalue weighted by Crippen LogP contribution is -2.27. The first kappa shape index (κ1) is 13.2. The zero-order chi connectivity index (χ0) is 14.0. The van der Waals surface area contributed by atoms with E-state index in [1.54, 1.807) is 12.1 Å². The number of nitrogens with two attached hydrogens (primary N) is 1. The minimum Gasteiger partial charge on any atom is -0.464 e. The van der Waals surface area contributed by atoms with Gasteiger partial charge in [0.25, 0.3) is 5.91 Å². The normalized spacial score (nSPS) is 12.2. The van der Waals surface area contributed by atoms with Crippen molar-refractivity contribution in [3.05, 3.63) is 53.0 Å². The zero-order valence-corrected chi connectivity index (χ0v) is 11.4. The highest BCUT2D eigenvalue weighted by molar-refractivity contribution is 5.99. The summed E-state index contributed by atoms with van der Waals surface area (Å²) in [4.78, 5) is 12.1. The van der Waals surface area contributed by atoms with Crippen molar-refractivity contribution in [3.63, 3.8) is 0 Å². The van der Waals surface area contributed by atoms with Gasteiger partial charge in [0.2, 0.25) is 0 Å². The Kier molecular flexibility index (Phi) is 3.60. The Morgan fingerprint density at radius 2 is 2.00 bits per heavy atom. The third-order valence-corrected chi connectivity index (χ3v) is 2.99. The average Bonchev–Trinajstić information content (AvgIpc) is 2.75. The van der Waals surface area contributed by atoms with E-state index in [0.717, 1.165) is 17.1 Å². The highest BCUT2D eigenvalue weighted by Gasteiger charge is 2.15. The highest BCUT2D eigenvalue weighted by atomic mass is 16.3. The van der Waals surface area contributed by atoms with E-state index >= 15 is 0 Å². The summed E-state index contributed by atoms with van der Waals surface area (Å²) in [6.45, 7) is 5.68. The smallest absolute Gasteiger partial charge is 0.253 e. The molecule has 0 bridgehead atoms. The van der Waals surface area contributed by atoms with Crippen molar-refractivity contribution in [3.8, 4) is 0 Å². The number of nitrogen functional groups attached to an aromatic ring is 1. The van der Waals surface area contributed by atoms with Crippen LogP contribution in [-0.4, -0.2) is 5.91 Å². The Morgan fingerprint density at radius 1 is 1.26 bits per heavy atom. The molecule has 0 aliphatic carbocycles. The average molecular weight is 258 g/mol. The molecule has 3 N–H and O–H groups in total. The van der Waals surface area contributed by atoms with E-state index < -0.39 is 0 Å². The number of aryl methyl sites for hydroxylation is 2. The first-order valence-electron chi connectivity index (χ1n) is 6.20. The van der Waals surface area contributed by atoms with Crippen LogP contribution in [0.15, 0.2) is 34.7 Å². The molecule has 1 amide bonds. The van der Waals surface area contributed by atoms with Crippen LogP contribution >= 0.6 is 0 Å². The molecule has 19 heavy (non-hydrogen) atoms. The molecule has 4 nitrogen and oxygen atoms in total. The zero-order valence-electron chi connectivity index (χ0n) is 11.4. The molecule has 0 saturated heterocycles. The van der Waals surface area contributed by atoms with Crippen LogP contribution in [0, 0.1) is 13.8 Å². The van der Waals surface area contributed by atoms with E-state index in [1.807, 2.05) is 39.0 Å². The van der Waals surface area contributed by atoms with E-state index in [4.69, 9.17) is 10.2 Å². The first-order chi connectivity index (χ1) is 8.97. The third-order valence-electron chi connectivity index (χ3n) is 2.99. The number of benzene rings is 1. The van der Waals surface area contributed by atoms with Gasteiger partial charge in [-0.3, -0.25) is 4.79 Å². The molecule has 2 aromatic rings. The molecule has 1 atom stereocenters. The largest absolute Gasteiger partial charge is 0.464 e. The van der Waals surface area contributed by atoms with Gasteiger partial charge in [-0.25, -0.2) is 0 Å². The predicted molar refractivity (Wildman–Crippen MR) is 74.9 cm³/mol. The molecule has 1 heterocycles. The van der Waals surface area contributed by atoms with Crippen LogP contribution in [0.3, 0.4) is 0 Å². The summed E-state index contributed by atoms with van der Waals surface area (Å²) in [5.41, 5.74) is 7.86. The van der Waals surface area contributed by atoms with Crippen LogP contribution in [0.5, 0.6) is 0 Å². The molecule has 2 rings (SSSR count). The van der Waals surface area contributed by atoms with Crippen molar-refractivity contribution in [1.29, 1.82) is 0 Å². The van der Waals surface area contributed by atoms with Crippen LogP contribution in [0.4, 0.5) is 5.69 Å². The maximum Gasteiger partial charge on any atom is 0.253 e. The molecule has 0 saturated carbocycles. The van der Waals surface area contributed by atoms with Gasteiger partial charge < -0.3 is 15.5 Å². The highest BCUT2D eigenvalue weighted by Crippen LogP contribution is 2.18. The number of hydrogen-bond donors (Lipinski definition) is 2. The van der Waals surface area contributed by atoms with E-state index in [-0.39, 0.29) is 11.9 Å². The fourth-order valence-corrected chi connectivity index (χ4v) is 1.92. The third kappa shape index (κ3) is 2.96. The van der Waals surface area contributed by atoms with E-state index in [1.165, 1.54) is 0 Å². The Labute approximate surface area is 112 Å². The number of nitrogens with one attached hydrogen (secondary N) is 1. The molecule has 0 radical (unpaired) electrons. The van der Waals surface area contributed by atoms with Gasteiger partial charge in [0, 0.05) is 5.69 Å². The molecule has 1 aromatic carbocycles. The lowest BCUT2D eigenvalue weighted by Gasteiger charge is -2.13. The van der Waals surface area contributed by atoms with Gasteiger partial charge in [-0.15, -0.1) is 0 Å². The lowest BCUT2D eigenvalue weighted by atomic mass is 10.1. The minimum absolute atomic E-state index is 0.193. The fourth-order valence-electron chi connectivity index (χ4n) is 1.92. The summed E-state index contributed by atoms with van der Waals surface area (Å²) in [5.74, 6) is 1.36. The van der Waals surface area contributed by atoms with Gasteiger partial charge >= 0.3 is 0 Å². The quantitative estimate of drug-likeness (QED) is 0.832. The minimum atomic E-state index is -0.195. The second kappa shape index (κ2) is 5.18. The second-order valence-electron chi connectivity index (χ2n) is 4.73. The van der Waals surface area contributed by atoms with Crippen molar-refractivity contribution in [2.24, 2.45) is 0 Å². The number of rotatable bonds is 3. The van der Waals surface area contributed by atoms with E-state index in [0.29, 0.717) is 11.3 Å². The number of carbonyl (C=O) groups excluding carboxylic acids is 1. The second-order valence-corrected chi connectivity index (χ2v) is 4.73. The van der Waals surface area contributed by atoms with Gasteiger partial charge in [-0.05, 0) is 50.6 Å². The Bertz CT molecular complexity index is 602. The fraction of sp³-hybridized carbons (Fsp3) is 0.267. The van der Waals surface area contributed by atoms with Crippen molar-refractivity contribution < 1.29 is 9.21 Å². The summed E-state index contributed by atoms with van der Waals surface area (Å²) < 4.78 is 5.49. The SMILES string of the molecule is Cc1ccc(C(=O)NC(C)c2ccc(C)o2)c(N)c1. The van der Waals surface area contributed by atoms with Crippen molar-refractivity contribution in [2.75, 3.05) is 5.73 Å². The Balaban J connectivity index is 2.12. The van der Waals surface area contributed by atoms with Crippen LogP contribution in [-0.2, 0) is 0 Å². The number of carbonyl (C=O) groups is 1. The molecule has 1 aromatic heterocycles. The maximum absolute atomic E-state index is 12.1. The number of hydrogen-bond acceptors (Lipinski definition) is 3. The Morgan fingerprint density at radius 3 is 2.58 bits per heavy atom. The molecule has 0 fully saturated rings. The van der Waals surface area contributed by atoms with Crippen LogP contribution in [0.1, 0.15) is 40.4 Å². The maximum atomic E-state index is 12.1. The summed E-state index contributed by atoms with van der Waals surface area (Å²) >= 11 is 0. The van der Waals surface area contributed by atoms with E-state index in [9.17, 15) is 4.79 Å². The molecular formula is C15H18N2O2. The van der Waals surface area contributed by atoms with Gasteiger partial charge in [-0.1, -0.05) is 6.07 Å². The number of amides is 1. The molecular weight excluding hydrogens is 240 g/mol. The van der Waals surface area contributed by atoms with Crippen molar-refractivity contribution >= 4 is 11.6 Å². The van der Waals surface area contributed by atoms with Crippen molar-refractivity contribution in [2.45, 2.75) is 26.8 Å². The molecule has 1 unspecified atom stereocenters. The number of anilines is 1. The monoisotopic (exact) mass is 258 g/mol. The van der Waals surface area contributed by atoms with Gasteiger partial charge in [0.15, 0.2) is 0 Å². The summed E-state index contributed by atoms with van der Waals surface area (Å²) in [7, 11) is 0. The van der Waals surface area contributed by atoms with Gasteiger partial charge in [0.1, 0.15) is 11.5 Å². The Hall–Kier alpha value is -2.23. The van der Waals surface area contributed by atoms with Gasteiger partial charge in [0.05, 0.1) is 11.6 Å².